The topological polar surface area (TPSA) is 72.6 Å². The lowest BCUT2D eigenvalue weighted by molar-refractivity contribution is -0.132. The highest BCUT2D eigenvalue weighted by Crippen LogP contribution is 2.24. The van der Waals surface area contributed by atoms with Gasteiger partial charge in [-0.2, -0.15) is 9.61 Å². The molecular formula is C15H15N5O2S2. The molecular weight excluding hydrogens is 346 g/mol. The average Bonchev–Trinajstić information content (AvgIpc) is 3.30. The second-order valence-electron chi connectivity index (χ2n) is 5.23. The molecule has 0 radical (unpaired) electrons. The van der Waals surface area contributed by atoms with Crippen molar-refractivity contribution in [3.8, 4) is 10.6 Å². The van der Waals surface area contributed by atoms with Crippen LogP contribution < -0.4 is 0 Å². The SMILES string of the molecule is O=C(CSc1nnc2ccc(-c3cccs3)nn12)N1CCOCC1. The van der Waals surface area contributed by atoms with Crippen LogP contribution in [0.5, 0.6) is 0 Å². The van der Waals surface area contributed by atoms with Crippen molar-refractivity contribution in [2.24, 2.45) is 0 Å². The second kappa shape index (κ2) is 6.88. The zero-order chi connectivity index (χ0) is 16.4. The maximum absolute atomic E-state index is 12.3. The highest BCUT2D eigenvalue weighted by atomic mass is 32.2. The molecule has 0 aliphatic carbocycles. The Bertz CT molecular complexity index is 843. The number of ether oxygens (including phenoxy) is 1. The molecule has 4 rings (SSSR count). The minimum atomic E-state index is 0.0921. The summed E-state index contributed by atoms with van der Waals surface area (Å²) in [5, 5.41) is 15.5. The van der Waals surface area contributed by atoms with E-state index >= 15 is 0 Å². The Hall–Kier alpha value is -1.97. The van der Waals surface area contributed by atoms with Crippen LogP contribution in [0.25, 0.3) is 16.2 Å². The van der Waals surface area contributed by atoms with Gasteiger partial charge in [-0.15, -0.1) is 21.5 Å². The highest BCUT2D eigenvalue weighted by molar-refractivity contribution is 7.99. The van der Waals surface area contributed by atoms with Gasteiger partial charge < -0.3 is 9.64 Å². The Kier molecular flexibility index (Phi) is 4.46. The van der Waals surface area contributed by atoms with Crippen molar-refractivity contribution in [1.29, 1.82) is 0 Å². The van der Waals surface area contributed by atoms with Crippen molar-refractivity contribution in [2.45, 2.75) is 5.16 Å². The fraction of sp³-hybridized carbons (Fsp3) is 0.333. The Morgan fingerprint density at radius 1 is 1.25 bits per heavy atom. The number of fused-ring (bicyclic) bond motifs is 1. The van der Waals surface area contributed by atoms with Gasteiger partial charge in [0.1, 0.15) is 5.69 Å². The number of carbonyl (C=O) groups excluding carboxylic acids is 1. The molecule has 1 fully saturated rings. The van der Waals surface area contributed by atoms with E-state index in [4.69, 9.17) is 4.74 Å². The van der Waals surface area contributed by atoms with E-state index in [1.54, 1.807) is 15.9 Å². The molecule has 9 heteroatoms. The lowest BCUT2D eigenvalue weighted by Crippen LogP contribution is -2.41. The van der Waals surface area contributed by atoms with Gasteiger partial charge in [0.25, 0.3) is 0 Å². The van der Waals surface area contributed by atoms with Crippen LogP contribution in [-0.2, 0) is 9.53 Å². The summed E-state index contributed by atoms with van der Waals surface area (Å²) in [4.78, 5) is 15.2. The standard InChI is InChI=1S/C15H15N5O2S2/c21-14(19-5-7-22-8-6-19)10-24-15-17-16-13-4-3-11(18-20(13)15)12-2-1-9-23-12/h1-4,9H,5-8,10H2. The largest absolute Gasteiger partial charge is 0.378 e. The van der Waals surface area contributed by atoms with Crippen LogP contribution in [0.1, 0.15) is 0 Å². The lowest BCUT2D eigenvalue weighted by Gasteiger charge is -2.26. The normalized spacial score (nSPS) is 15.1. The van der Waals surface area contributed by atoms with Gasteiger partial charge >= 0.3 is 0 Å². The monoisotopic (exact) mass is 361 g/mol. The van der Waals surface area contributed by atoms with Gasteiger partial charge in [-0.05, 0) is 23.6 Å². The zero-order valence-corrected chi connectivity index (χ0v) is 14.4. The number of thiophene rings is 1. The second-order valence-corrected chi connectivity index (χ2v) is 7.12. The van der Waals surface area contributed by atoms with Crippen LogP contribution in [0.2, 0.25) is 0 Å². The van der Waals surface area contributed by atoms with Gasteiger partial charge in [-0.1, -0.05) is 17.8 Å². The fourth-order valence-electron chi connectivity index (χ4n) is 2.45. The summed E-state index contributed by atoms with van der Waals surface area (Å²) in [5.74, 6) is 0.417. The van der Waals surface area contributed by atoms with E-state index in [1.807, 2.05) is 34.5 Å². The molecule has 0 N–H and O–H groups in total. The van der Waals surface area contributed by atoms with Gasteiger partial charge in [-0.3, -0.25) is 4.79 Å². The van der Waals surface area contributed by atoms with Crippen LogP contribution in [-0.4, -0.2) is 62.7 Å². The number of nitrogens with zero attached hydrogens (tertiary/aromatic N) is 5. The van der Waals surface area contributed by atoms with E-state index in [9.17, 15) is 4.79 Å². The molecule has 124 valence electrons. The van der Waals surface area contributed by atoms with Crippen molar-refractivity contribution < 1.29 is 9.53 Å². The molecule has 3 aromatic heterocycles. The van der Waals surface area contributed by atoms with Gasteiger partial charge in [0, 0.05) is 13.1 Å². The van der Waals surface area contributed by atoms with E-state index in [1.165, 1.54) is 11.8 Å². The van der Waals surface area contributed by atoms with Crippen molar-refractivity contribution in [2.75, 3.05) is 32.1 Å². The third-order valence-electron chi connectivity index (χ3n) is 3.70. The molecule has 1 aliphatic heterocycles. The molecule has 0 aromatic carbocycles. The third-order valence-corrected chi connectivity index (χ3v) is 5.49. The Morgan fingerprint density at radius 3 is 2.92 bits per heavy atom. The molecule has 0 saturated carbocycles. The fourth-order valence-corrected chi connectivity index (χ4v) is 3.93. The first-order chi connectivity index (χ1) is 11.8. The first-order valence-corrected chi connectivity index (χ1v) is 9.42. The van der Waals surface area contributed by atoms with Crippen molar-refractivity contribution in [3.05, 3.63) is 29.6 Å². The summed E-state index contributed by atoms with van der Waals surface area (Å²) in [6.07, 6.45) is 0. The number of amides is 1. The predicted octanol–water partition coefficient (Wildman–Crippen LogP) is 1.80. The highest BCUT2D eigenvalue weighted by Gasteiger charge is 2.18. The van der Waals surface area contributed by atoms with E-state index in [-0.39, 0.29) is 5.91 Å². The van der Waals surface area contributed by atoms with Crippen molar-refractivity contribution in [1.82, 2.24) is 24.7 Å². The molecule has 3 aromatic rings. The maximum atomic E-state index is 12.3. The molecule has 0 bridgehead atoms. The third kappa shape index (κ3) is 3.14. The molecule has 1 saturated heterocycles. The van der Waals surface area contributed by atoms with Gasteiger partial charge in [0.2, 0.25) is 11.1 Å². The van der Waals surface area contributed by atoms with Crippen molar-refractivity contribution in [3.63, 3.8) is 0 Å². The maximum Gasteiger partial charge on any atom is 0.233 e. The van der Waals surface area contributed by atoms with Crippen LogP contribution in [0, 0.1) is 0 Å². The Labute approximate surface area is 146 Å². The molecule has 0 spiro atoms. The molecule has 7 nitrogen and oxygen atoms in total. The van der Waals surface area contributed by atoms with E-state index in [0.717, 1.165) is 10.6 Å². The first-order valence-electron chi connectivity index (χ1n) is 7.56. The van der Waals surface area contributed by atoms with Gasteiger partial charge in [0.15, 0.2) is 5.65 Å². The number of aromatic nitrogens is 4. The minimum absolute atomic E-state index is 0.0921. The summed E-state index contributed by atoms with van der Waals surface area (Å²) in [7, 11) is 0. The first kappa shape index (κ1) is 15.6. The molecule has 1 amide bonds. The minimum Gasteiger partial charge on any atom is -0.378 e. The molecule has 0 unspecified atom stereocenters. The number of hydrogen-bond acceptors (Lipinski definition) is 7. The summed E-state index contributed by atoms with van der Waals surface area (Å²) in [6, 6.07) is 7.85. The summed E-state index contributed by atoms with van der Waals surface area (Å²) < 4.78 is 6.97. The van der Waals surface area contributed by atoms with Crippen LogP contribution in [0.4, 0.5) is 0 Å². The quantitative estimate of drug-likeness (QED) is 0.660. The zero-order valence-electron chi connectivity index (χ0n) is 12.8. The molecule has 24 heavy (non-hydrogen) atoms. The number of morpholine rings is 1. The number of rotatable bonds is 4. The summed E-state index contributed by atoms with van der Waals surface area (Å²) >= 11 is 3.00. The number of hydrogen-bond donors (Lipinski definition) is 0. The van der Waals surface area contributed by atoms with E-state index in [2.05, 4.69) is 15.3 Å². The summed E-state index contributed by atoms with van der Waals surface area (Å²) in [5.41, 5.74) is 1.55. The summed E-state index contributed by atoms with van der Waals surface area (Å²) in [6.45, 7) is 2.52. The lowest BCUT2D eigenvalue weighted by atomic mass is 10.3. The predicted molar refractivity (Wildman–Crippen MR) is 92.2 cm³/mol. The Morgan fingerprint density at radius 2 is 2.12 bits per heavy atom. The van der Waals surface area contributed by atoms with Crippen LogP contribution in [0.3, 0.4) is 0 Å². The van der Waals surface area contributed by atoms with Crippen LogP contribution >= 0.6 is 23.1 Å². The molecule has 1 aliphatic rings. The van der Waals surface area contributed by atoms with Crippen molar-refractivity contribution >= 4 is 34.7 Å². The van der Waals surface area contributed by atoms with Gasteiger partial charge in [-0.25, -0.2) is 0 Å². The molecule has 0 atom stereocenters. The van der Waals surface area contributed by atoms with E-state index < -0.39 is 0 Å². The number of carbonyl (C=O) groups is 1. The van der Waals surface area contributed by atoms with Gasteiger partial charge in [0.05, 0.1) is 23.8 Å². The smallest absolute Gasteiger partial charge is 0.233 e. The Balaban J connectivity index is 1.51. The van der Waals surface area contributed by atoms with E-state index in [0.29, 0.717) is 42.9 Å². The van der Waals surface area contributed by atoms with Crippen LogP contribution in [0.15, 0.2) is 34.8 Å². The average molecular weight is 361 g/mol. The molecule has 4 heterocycles. The number of thioether (sulfide) groups is 1.